The first-order chi connectivity index (χ1) is 5.72. The Kier molecular flexibility index (Phi) is 3.16. The van der Waals surface area contributed by atoms with Crippen LogP contribution in [0, 0.1) is 11.3 Å². The summed E-state index contributed by atoms with van der Waals surface area (Å²) in [4.78, 5) is 0. The van der Waals surface area contributed by atoms with Gasteiger partial charge in [-0.1, -0.05) is 23.2 Å². The first-order valence-electron chi connectivity index (χ1n) is 3.24. The van der Waals surface area contributed by atoms with E-state index in [-0.39, 0.29) is 0 Å². The highest BCUT2D eigenvalue weighted by atomic mass is 35.5. The lowest BCUT2D eigenvalue weighted by atomic mass is 10.2. The molecule has 0 heterocycles. The zero-order valence-corrected chi connectivity index (χ0v) is 7.60. The number of allylic oxidation sites excluding steroid dienone is 1. The van der Waals surface area contributed by atoms with Gasteiger partial charge in [0, 0.05) is 16.1 Å². The third-order valence-electron chi connectivity index (χ3n) is 1.24. The minimum absolute atomic E-state index is 0.570. The lowest BCUT2D eigenvalue weighted by Crippen LogP contribution is -1.72. The van der Waals surface area contributed by atoms with E-state index in [9.17, 15) is 0 Å². The Labute approximate surface area is 80.8 Å². The number of nitriles is 1. The molecule has 0 N–H and O–H groups in total. The van der Waals surface area contributed by atoms with Gasteiger partial charge >= 0.3 is 0 Å². The van der Waals surface area contributed by atoms with Crippen molar-refractivity contribution in [1.82, 2.24) is 0 Å². The maximum Gasteiger partial charge on any atom is 0.0912 e. The van der Waals surface area contributed by atoms with Crippen LogP contribution in [0.4, 0.5) is 0 Å². The molecule has 0 aromatic heterocycles. The van der Waals surface area contributed by atoms with Gasteiger partial charge in [-0.25, -0.2) is 0 Å². The molecular weight excluding hydrogens is 193 g/mol. The van der Waals surface area contributed by atoms with E-state index in [1.807, 2.05) is 6.07 Å². The number of benzene rings is 1. The maximum atomic E-state index is 8.26. The van der Waals surface area contributed by atoms with Gasteiger partial charge in [0.25, 0.3) is 0 Å². The van der Waals surface area contributed by atoms with E-state index < -0.39 is 0 Å². The fourth-order valence-corrected chi connectivity index (χ4v) is 1.35. The predicted molar refractivity (Wildman–Crippen MR) is 51.1 cm³/mol. The van der Waals surface area contributed by atoms with Gasteiger partial charge in [0.1, 0.15) is 0 Å². The van der Waals surface area contributed by atoms with Crippen molar-refractivity contribution in [3.05, 3.63) is 39.9 Å². The molecule has 3 heteroatoms. The third-order valence-corrected chi connectivity index (χ3v) is 1.67. The molecule has 0 spiro atoms. The molecule has 0 radical (unpaired) electrons. The van der Waals surface area contributed by atoms with Crippen molar-refractivity contribution in [3.8, 4) is 6.07 Å². The highest BCUT2D eigenvalue weighted by Gasteiger charge is 1.93. The normalized spacial score (nSPS) is 10.1. The Morgan fingerprint density at radius 1 is 1.17 bits per heavy atom. The molecule has 1 rings (SSSR count). The Morgan fingerprint density at radius 2 is 1.75 bits per heavy atom. The van der Waals surface area contributed by atoms with E-state index >= 15 is 0 Å². The van der Waals surface area contributed by atoms with Crippen molar-refractivity contribution >= 4 is 29.3 Å². The second kappa shape index (κ2) is 4.15. The fourth-order valence-electron chi connectivity index (χ4n) is 0.805. The summed E-state index contributed by atoms with van der Waals surface area (Å²) in [6, 6.07) is 7.01. The maximum absolute atomic E-state index is 8.26. The van der Waals surface area contributed by atoms with Gasteiger partial charge in [-0.2, -0.15) is 5.26 Å². The van der Waals surface area contributed by atoms with Crippen LogP contribution in [0.2, 0.25) is 10.0 Å². The predicted octanol–water partition coefficient (Wildman–Crippen LogP) is 3.53. The summed E-state index contributed by atoms with van der Waals surface area (Å²) in [5.41, 5.74) is 0.828. The molecule has 0 aliphatic rings. The molecule has 1 nitrogen and oxygen atoms in total. The highest BCUT2D eigenvalue weighted by molar-refractivity contribution is 6.34. The number of nitrogens with zero attached hydrogens (tertiary/aromatic N) is 1. The monoisotopic (exact) mass is 197 g/mol. The summed E-state index contributed by atoms with van der Waals surface area (Å²) >= 11 is 11.5. The molecule has 0 saturated heterocycles. The molecule has 0 aliphatic heterocycles. The number of hydrogen-bond donors (Lipinski definition) is 0. The van der Waals surface area contributed by atoms with Gasteiger partial charge < -0.3 is 0 Å². The topological polar surface area (TPSA) is 23.8 Å². The van der Waals surface area contributed by atoms with Crippen molar-refractivity contribution < 1.29 is 0 Å². The van der Waals surface area contributed by atoms with Gasteiger partial charge in [-0.05, 0) is 29.8 Å². The number of halogens is 2. The van der Waals surface area contributed by atoms with Gasteiger partial charge in [-0.3, -0.25) is 0 Å². The van der Waals surface area contributed by atoms with E-state index in [0.29, 0.717) is 10.0 Å². The average molecular weight is 198 g/mol. The quantitative estimate of drug-likeness (QED) is 0.633. The summed E-state index contributed by atoms with van der Waals surface area (Å²) < 4.78 is 0. The molecule has 0 saturated carbocycles. The molecule has 0 atom stereocenters. The largest absolute Gasteiger partial charge is 0.193 e. The molecule has 0 bridgehead atoms. The zero-order chi connectivity index (χ0) is 8.97. The van der Waals surface area contributed by atoms with Crippen molar-refractivity contribution in [1.29, 1.82) is 5.26 Å². The van der Waals surface area contributed by atoms with E-state index in [2.05, 4.69) is 0 Å². The van der Waals surface area contributed by atoms with Gasteiger partial charge in [0.15, 0.2) is 0 Å². The Morgan fingerprint density at radius 3 is 2.25 bits per heavy atom. The van der Waals surface area contributed by atoms with Crippen molar-refractivity contribution in [3.63, 3.8) is 0 Å². The van der Waals surface area contributed by atoms with Crippen LogP contribution < -0.4 is 0 Å². The second-order valence-corrected chi connectivity index (χ2v) is 3.04. The molecule has 0 amide bonds. The lowest BCUT2D eigenvalue weighted by molar-refractivity contribution is 1.54. The average Bonchev–Trinajstić information content (AvgIpc) is 1.99. The van der Waals surface area contributed by atoms with E-state index in [1.165, 1.54) is 6.08 Å². The van der Waals surface area contributed by atoms with Crippen LogP contribution in [-0.2, 0) is 0 Å². The second-order valence-electron chi connectivity index (χ2n) is 2.17. The van der Waals surface area contributed by atoms with Gasteiger partial charge in [0.05, 0.1) is 6.07 Å². The van der Waals surface area contributed by atoms with E-state index in [1.54, 1.807) is 24.3 Å². The summed E-state index contributed by atoms with van der Waals surface area (Å²) in [5, 5.41) is 9.40. The number of rotatable bonds is 1. The van der Waals surface area contributed by atoms with Crippen LogP contribution in [0.15, 0.2) is 24.3 Å². The van der Waals surface area contributed by atoms with Gasteiger partial charge in [-0.15, -0.1) is 0 Å². The van der Waals surface area contributed by atoms with Crippen LogP contribution in [0.3, 0.4) is 0 Å². The molecule has 0 unspecified atom stereocenters. The molecule has 0 fully saturated rings. The molecule has 0 aliphatic carbocycles. The van der Waals surface area contributed by atoms with Crippen molar-refractivity contribution in [2.75, 3.05) is 0 Å². The Balaban J connectivity index is 3.03. The standard InChI is InChI=1S/C9H5Cl2N/c10-8-4-7(2-1-3-12)5-9(11)6-8/h1-2,4-6H/b2-1+. The summed E-state index contributed by atoms with van der Waals surface area (Å²) in [6.45, 7) is 0. The van der Waals surface area contributed by atoms with Crippen LogP contribution in [0.5, 0.6) is 0 Å². The summed E-state index contributed by atoms with van der Waals surface area (Å²) in [6.07, 6.45) is 3.03. The molecule has 1 aromatic rings. The van der Waals surface area contributed by atoms with Crippen molar-refractivity contribution in [2.24, 2.45) is 0 Å². The summed E-state index contributed by atoms with van der Waals surface area (Å²) in [5.74, 6) is 0. The van der Waals surface area contributed by atoms with E-state index in [0.717, 1.165) is 5.56 Å². The van der Waals surface area contributed by atoms with Crippen LogP contribution in [-0.4, -0.2) is 0 Å². The smallest absolute Gasteiger partial charge is 0.0912 e. The Bertz CT molecular complexity index is 330. The van der Waals surface area contributed by atoms with Crippen molar-refractivity contribution in [2.45, 2.75) is 0 Å². The molecule has 12 heavy (non-hydrogen) atoms. The molecular formula is C9H5Cl2N. The number of hydrogen-bond acceptors (Lipinski definition) is 1. The first kappa shape index (κ1) is 9.12. The SMILES string of the molecule is N#C/C=C/c1cc(Cl)cc(Cl)c1. The van der Waals surface area contributed by atoms with Crippen LogP contribution in [0.25, 0.3) is 6.08 Å². The Hall–Kier alpha value is -0.970. The summed E-state index contributed by atoms with van der Waals surface area (Å²) in [7, 11) is 0. The molecule has 60 valence electrons. The lowest BCUT2D eigenvalue weighted by Gasteiger charge is -1.95. The zero-order valence-electron chi connectivity index (χ0n) is 6.09. The van der Waals surface area contributed by atoms with Crippen LogP contribution >= 0.6 is 23.2 Å². The third kappa shape index (κ3) is 2.58. The minimum atomic E-state index is 0.570. The van der Waals surface area contributed by atoms with Gasteiger partial charge in [0.2, 0.25) is 0 Å². The minimum Gasteiger partial charge on any atom is -0.193 e. The first-order valence-corrected chi connectivity index (χ1v) is 4.00. The fraction of sp³-hybridized carbons (Fsp3) is 0. The molecule has 1 aromatic carbocycles. The van der Waals surface area contributed by atoms with E-state index in [4.69, 9.17) is 28.5 Å². The highest BCUT2D eigenvalue weighted by Crippen LogP contribution is 2.19. The van der Waals surface area contributed by atoms with Crippen LogP contribution in [0.1, 0.15) is 5.56 Å².